The van der Waals surface area contributed by atoms with Gasteiger partial charge < -0.3 is 4.74 Å². The van der Waals surface area contributed by atoms with E-state index >= 15 is 0 Å². The van der Waals surface area contributed by atoms with Gasteiger partial charge in [0.15, 0.2) is 0 Å². The third-order valence-electron chi connectivity index (χ3n) is 2.25. The van der Waals surface area contributed by atoms with Crippen LogP contribution in [0, 0.1) is 5.92 Å². The first kappa shape index (κ1) is 12.2. The number of hydrogen-bond acceptors (Lipinski definition) is 2. The number of esters is 1. The van der Waals surface area contributed by atoms with Gasteiger partial charge in [-0.15, -0.1) is 0 Å². The van der Waals surface area contributed by atoms with Crippen LogP contribution in [0.2, 0.25) is 0 Å². The zero-order valence-electron chi connectivity index (χ0n) is 8.88. The minimum Gasteiger partial charge on any atom is -0.460 e. The molecule has 0 heterocycles. The second-order valence-electron chi connectivity index (χ2n) is 3.54. The van der Waals surface area contributed by atoms with E-state index in [0.717, 1.165) is 12.8 Å². The zero-order valence-corrected chi connectivity index (χ0v) is 8.88. The van der Waals surface area contributed by atoms with Crippen molar-refractivity contribution in [3.63, 3.8) is 0 Å². The van der Waals surface area contributed by atoms with Crippen LogP contribution in [0.1, 0.15) is 40.0 Å². The first-order valence-corrected chi connectivity index (χ1v) is 4.93. The summed E-state index contributed by atoms with van der Waals surface area (Å²) in [6.45, 7) is 9.65. The Bertz CT molecular complexity index is 163. The summed E-state index contributed by atoms with van der Waals surface area (Å²) < 4.78 is 5.04. The molecule has 0 aromatic heterocycles. The van der Waals surface area contributed by atoms with Crippen LogP contribution in [-0.4, -0.2) is 12.1 Å². The lowest BCUT2D eigenvalue weighted by atomic mass is 10.0. The molecule has 0 aliphatic heterocycles. The summed E-state index contributed by atoms with van der Waals surface area (Å²) in [5.74, 6) is 0.390. The second kappa shape index (κ2) is 6.70. The van der Waals surface area contributed by atoms with Crippen molar-refractivity contribution in [2.75, 3.05) is 0 Å². The summed E-state index contributed by atoms with van der Waals surface area (Å²) in [4.78, 5) is 10.8. The van der Waals surface area contributed by atoms with Crippen molar-refractivity contribution >= 4 is 5.97 Å². The Kier molecular flexibility index (Phi) is 6.29. The predicted molar refractivity (Wildman–Crippen MR) is 54.4 cm³/mol. The standard InChI is InChI=1S/C11H20O2/c1-5-9(3)7-8-10(4)13-11(12)6-2/h6,9-10H,2,5,7-8H2,1,3-4H3. The lowest BCUT2D eigenvalue weighted by Gasteiger charge is -2.14. The van der Waals surface area contributed by atoms with Crippen molar-refractivity contribution in [2.24, 2.45) is 5.92 Å². The fraction of sp³-hybridized carbons (Fsp3) is 0.727. The monoisotopic (exact) mass is 184 g/mol. The number of carbonyl (C=O) groups is 1. The van der Waals surface area contributed by atoms with Crippen LogP contribution in [-0.2, 0) is 9.53 Å². The van der Waals surface area contributed by atoms with Gasteiger partial charge in [0.2, 0.25) is 0 Å². The average Bonchev–Trinajstić information content (AvgIpc) is 2.13. The van der Waals surface area contributed by atoms with Crippen LogP contribution >= 0.6 is 0 Å². The molecule has 0 aromatic carbocycles. The molecule has 0 bridgehead atoms. The Morgan fingerprint density at radius 3 is 2.54 bits per heavy atom. The summed E-state index contributed by atoms with van der Waals surface area (Å²) in [5.41, 5.74) is 0. The Labute approximate surface area is 81.0 Å². The van der Waals surface area contributed by atoms with E-state index < -0.39 is 0 Å². The quantitative estimate of drug-likeness (QED) is 0.468. The molecule has 2 nitrogen and oxygen atoms in total. The van der Waals surface area contributed by atoms with E-state index in [1.807, 2.05) is 6.92 Å². The van der Waals surface area contributed by atoms with Gasteiger partial charge in [0.05, 0.1) is 6.10 Å². The molecule has 0 N–H and O–H groups in total. The fourth-order valence-electron chi connectivity index (χ4n) is 1.03. The molecule has 13 heavy (non-hydrogen) atoms. The van der Waals surface area contributed by atoms with Crippen LogP contribution in [0.3, 0.4) is 0 Å². The normalized spacial score (nSPS) is 14.7. The average molecular weight is 184 g/mol. The molecule has 0 aromatic rings. The predicted octanol–water partition coefficient (Wildman–Crippen LogP) is 2.93. The molecule has 0 amide bonds. The maximum atomic E-state index is 10.8. The molecule has 0 saturated carbocycles. The van der Waals surface area contributed by atoms with E-state index in [0.29, 0.717) is 5.92 Å². The van der Waals surface area contributed by atoms with Crippen molar-refractivity contribution in [3.05, 3.63) is 12.7 Å². The summed E-state index contributed by atoms with van der Waals surface area (Å²) in [6.07, 6.45) is 4.46. The highest BCUT2D eigenvalue weighted by Crippen LogP contribution is 2.12. The van der Waals surface area contributed by atoms with Gasteiger partial charge >= 0.3 is 5.97 Å². The fourth-order valence-corrected chi connectivity index (χ4v) is 1.03. The molecule has 0 aliphatic rings. The second-order valence-corrected chi connectivity index (χ2v) is 3.54. The molecule has 0 saturated heterocycles. The number of rotatable bonds is 6. The lowest BCUT2D eigenvalue weighted by Crippen LogP contribution is -2.13. The van der Waals surface area contributed by atoms with E-state index in [-0.39, 0.29) is 12.1 Å². The molecular formula is C11H20O2. The van der Waals surface area contributed by atoms with Crippen LogP contribution in [0.5, 0.6) is 0 Å². The number of hydrogen-bond donors (Lipinski definition) is 0. The SMILES string of the molecule is C=CC(=O)OC(C)CCC(C)CC. The molecule has 76 valence electrons. The van der Waals surface area contributed by atoms with E-state index in [2.05, 4.69) is 20.4 Å². The van der Waals surface area contributed by atoms with Gasteiger partial charge in [-0.2, -0.15) is 0 Å². The molecule has 2 unspecified atom stereocenters. The molecule has 0 spiro atoms. The maximum absolute atomic E-state index is 10.8. The van der Waals surface area contributed by atoms with Crippen molar-refractivity contribution in [2.45, 2.75) is 46.1 Å². The van der Waals surface area contributed by atoms with Gasteiger partial charge in [-0.1, -0.05) is 26.8 Å². The van der Waals surface area contributed by atoms with Gasteiger partial charge in [-0.25, -0.2) is 4.79 Å². The molecule has 0 rings (SSSR count). The summed E-state index contributed by atoms with van der Waals surface area (Å²) in [7, 11) is 0. The van der Waals surface area contributed by atoms with Gasteiger partial charge in [-0.3, -0.25) is 0 Å². The summed E-state index contributed by atoms with van der Waals surface area (Å²) >= 11 is 0. The van der Waals surface area contributed by atoms with Crippen LogP contribution in [0.15, 0.2) is 12.7 Å². The topological polar surface area (TPSA) is 26.3 Å². The molecule has 0 radical (unpaired) electrons. The molecule has 0 aliphatic carbocycles. The maximum Gasteiger partial charge on any atom is 0.330 e. The highest BCUT2D eigenvalue weighted by Gasteiger charge is 2.07. The van der Waals surface area contributed by atoms with Crippen molar-refractivity contribution < 1.29 is 9.53 Å². The van der Waals surface area contributed by atoms with Crippen LogP contribution in [0.4, 0.5) is 0 Å². The Hall–Kier alpha value is -0.790. The van der Waals surface area contributed by atoms with E-state index in [9.17, 15) is 4.79 Å². The smallest absolute Gasteiger partial charge is 0.330 e. The van der Waals surface area contributed by atoms with Crippen LogP contribution < -0.4 is 0 Å². The largest absolute Gasteiger partial charge is 0.460 e. The first-order valence-electron chi connectivity index (χ1n) is 4.93. The Morgan fingerprint density at radius 2 is 2.08 bits per heavy atom. The van der Waals surface area contributed by atoms with E-state index in [1.165, 1.54) is 12.5 Å². The van der Waals surface area contributed by atoms with Gasteiger partial charge in [0, 0.05) is 6.08 Å². The highest BCUT2D eigenvalue weighted by molar-refractivity contribution is 5.81. The van der Waals surface area contributed by atoms with Crippen LogP contribution in [0.25, 0.3) is 0 Å². The van der Waals surface area contributed by atoms with Crippen molar-refractivity contribution in [1.82, 2.24) is 0 Å². The highest BCUT2D eigenvalue weighted by atomic mass is 16.5. The minimum atomic E-state index is -0.323. The molecule has 2 atom stereocenters. The molecule has 2 heteroatoms. The third-order valence-corrected chi connectivity index (χ3v) is 2.25. The summed E-state index contributed by atoms with van der Waals surface area (Å²) in [5, 5.41) is 0. The van der Waals surface area contributed by atoms with Gasteiger partial charge in [0.25, 0.3) is 0 Å². The first-order chi connectivity index (χ1) is 6.10. The van der Waals surface area contributed by atoms with E-state index in [1.54, 1.807) is 0 Å². The Morgan fingerprint density at radius 1 is 1.46 bits per heavy atom. The number of carbonyl (C=O) groups excluding carboxylic acids is 1. The lowest BCUT2D eigenvalue weighted by molar-refractivity contribution is -0.142. The Balaban J connectivity index is 3.56. The van der Waals surface area contributed by atoms with E-state index in [4.69, 9.17) is 4.74 Å². The third kappa shape index (κ3) is 6.38. The molecule has 0 fully saturated rings. The zero-order chi connectivity index (χ0) is 10.3. The van der Waals surface area contributed by atoms with Gasteiger partial charge in [-0.05, 0) is 25.7 Å². The van der Waals surface area contributed by atoms with Crippen molar-refractivity contribution in [1.29, 1.82) is 0 Å². The van der Waals surface area contributed by atoms with Crippen molar-refractivity contribution in [3.8, 4) is 0 Å². The summed E-state index contributed by atoms with van der Waals surface area (Å²) in [6, 6.07) is 0. The minimum absolute atomic E-state index is 0.0134. The molecular weight excluding hydrogens is 164 g/mol. The number of ether oxygens (including phenoxy) is 1. The van der Waals surface area contributed by atoms with Gasteiger partial charge in [0.1, 0.15) is 0 Å².